The van der Waals surface area contributed by atoms with Crippen molar-refractivity contribution in [2.24, 2.45) is 0 Å². The fraction of sp³-hybridized carbons (Fsp3) is 0.222. The van der Waals surface area contributed by atoms with E-state index in [0.29, 0.717) is 5.56 Å². The number of hydrogen-bond acceptors (Lipinski definition) is 3. The maximum Gasteiger partial charge on any atom is 0.325 e. The van der Waals surface area contributed by atoms with Crippen LogP contribution >= 0.6 is 0 Å². The number of β-amino-alcohol motifs (C(OH)–C–C–N with tert-alkyl or cyclic N) is 1. The molecule has 1 heterocycles. The Kier molecular flexibility index (Phi) is 3.88. The quantitative estimate of drug-likeness (QED) is 0.851. The molecule has 118 valence electrons. The second-order valence-corrected chi connectivity index (χ2v) is 5.76. The van der Waals surface area contributed by atoms with Crippen molar-refractivity contribution in [3.05, 3.63) is 71.8 Å². The molecule has 3 amide bonds. The first kappa shape index (κ1) is 15.2. The fourth-order valence-electron chi connectivity index (χ4n) is 2.78. The smallest absolute Gasteiger partial charge is 0.325 e. The van der Waals surface area contributed by atoms with Crippen LogP contribution in [0, 0.1) is 0 Å². The van der Waals surface area contributed by atoms with E-state index in [4.69, 9.17) is 0 Å². The molecule has 3 rings (SSSR count). The van der Waals surface area contributed by atoms with Crippen LogP contribution in [-0.2, 0) is 10.3 Å². The summed E-state index contributed by atoms with van der Waals surface area (Å²) >= 11 is 0. The maximum absolute atomic E-state index is 12.7. The summed E-state index contributed by atoms with van der Waals surface area (Å²) in [6.07, 6.45) is -0.913. The maximum atomic E-state index is 12.7. The Morgan fingerprint density at radius 3 is 2.22 bits per heavy atom. The van der Waals surface area contributed by atoms with Crippen molar-refractivity contribution >= 4 is 11.9 Å². The van der Waals surface area contributed by atoms with Crippen molar-refractivity contribution in [3.63, 3.8) is 0 Å². The van der Waals surface area contributed by atoms with Gasteiger partial charge in [0.2, 0.25) is 0 Å². The zero-order chi connectivity index (χ0) is 16.4. The standard InChI is InChI=1S/C18H18N2O3/c1-18(14-10-6-3-7-11-14)16(22)20(17(23)19-18)12-15(21)13-8-4-2-5-9-13/h2-11,15,21H,12H2,1H3,(H,19,23). The topological polar surface area (TPSA) is 69.6 Å². The molecule has 5 nitrogen and oxygen atoms in total. The summed E-state index contributed by atoms with van der Waals surface area (Å²) in [6.45, 7) is 1.61. The van der Waals surface area contributed by atoms with Crippen molar-refractivity contribution in [2.75, 3.05) is 6.54 Å². The Morgan fingerprint density at radius 2 is 1.61 bits per heavy atom. The lowest BCUT2D eigenvalue weighted by Gasteiger charge is -2.23. The van der Waals surface area contributed by atoms with Crippen LogP contribution in [-0.4, -0.2) is 28.5 Å². The van der Waals surface area contributed by atoms with Crippen LogP contribution in [0.5, 0.6) is 0 Å². The highest BCUT2D eigenvalue weighted by Crippen LogP contribution is 2.29. The van der Waals surface area contributed by atoms with Gasteiger partial charge in [-0.25, -0.2) is 4.79 Å². The number of hydrogen-bond donors (Lipinski definition) is 2. The van der Waals surface area contributed by atoms with Crippen LogP contribution in [0.2, 0.25) is 0 Å². The van der Waals surface area contributed by atoms with E-state index in [9.17, 15) is 14.7 Å². The summed E-state index contributed by atoms with van der Waals surface area (Å²) in [4.78, 5) is 26.0. The van der Waals surface area contributed by atoms with Gasteiger partial charge in [0.15, 0.2) is 0 Å². The zero-order valence-electron chi connectivity index (χ0n) is 12.8. The molecule has 1 aliphatic rings. The van der Waals surface area contributed by atoms with E-state index in [0.717, 1.165) is 10.5 Å². The van der Waals surface area contributed by atoms with Gasteiger partial charge in [-0.3, -0.25) is 9.69 Å². The third-order valence-corrected chi connectivity index (χ3v) is 4.17. The molecule has 2 aromatic carbocycles. The molecular formula is C18H18N2O3. The number of rotatable bonds is 4. The molecule has 2 aromatic rings. The first-order chi connectivity index (χ1) is 11.0. The van der Waals surface area contributed by atoms with Crippen LogP contribution in [0.4, 0.5) is 4.79 Å². The summed E-state index contributed by atoms with van der Waals surface area (Å²) in [5.74, 6) is -0.358. The highest BCUT2D eigenvalue weighted by atomic mass is 16.3. The SMILES string of the molecule is CC1(c2ccccc2)NC(=O)N(CC(O)c2ccccc2)C1=O. The lowest BCUT2D eigenvalue weighted by atomic mass is 9.92. The summed E-state index contributed by atoms with van der Waals surface area (Å²) in [6, 6.07) is 17.6. The lowest BCUT2D eigenvalue weighted by Crippen LogP contribution is -2.41. The van der Waals surface area contributed by atoms with Crippen molar-refractivity contribution in [1.82, 2.24) is 10.2 Å². The van der Waals surface area contributed by atoms with E-state index in [2.05, 4.69) is 5.32 Å². The average molecular weight is 310 g/mol. The number of carbonyl (C=O) groups is 2. The predicted octanol–water partition coefficient (Wildman–Crippen LogP) is 2.19. The molecule has 0 aliphatic carbocycles. The number of imide groups is 1. The van der Waals surface area contributed by atoms with Crippen LogP contribution in [0.1, 0.15) is 24.2 Å². The third kappa shape index (κ3) is 2.71. The Hall–Kier alpha value is -2.66. The van der Waals surface area contributed by atoms with Crippen molar-refractivity contribution in [2.45, 2.75) is 18.6 Å². The third-order valence-electron chi connectivity index (χ3n) is 4.17. The second kappa shape index (κ2) is 5.85. The van der Waals surface area contributed by atoms with E-state index < -0.39 is 17.7 Å². The van der Waals surface area contributed by atoms with Gasteiger partial charge in [-0.1, -0.05) is 60.7 Å². The van der Waals surface area contributed by atoms with Gasteiger partial charge < -0.3 is 10.4 Å². The van der Waals surface area contributed by atoms with Crippen molar-refractivity contribution in [1.29, 1.82) is 0 Å². The molecule has 23 heavy (non-hydrogen) atoms. The number of amides is 3. The molecule has 0 radical (unpaired) electrons. The van der Waals surface area contributed by atoms with E-state index >= 15 is 0 Å². The number of aliphatic hydroxyl groups excluding tert-OH is 1. The molecule has 0 saturated carbocycles. The Balaban J connectivity index is 1.82. The van der Waals surface area contributed by atoms with Gasteiger partial charge in [0.05, 0.1) is 12.6 Å². The highest BCUT2D eigenvalue weighted by Gasteiger charge is 2.49. The summed E-state index contributed by atoms with van der Waals surface area (Å²) in [5, 5.41) is 13.0. The number of urea groups is 1. The minimum Gasteiger partial charge on any atom is -0.387 e. The monoisotopic (exact) mass is 310 g/mol. The van der Waals surface area contributed by atoms with Gasteiger partial charge >= 0.3 is 6.03 Å². The summed E-state index contributed by atoms with van der Waals surface area (Å²) in [5.41, 5.74) is 0.283. The lowest BCUT2D eigenvalue weighted by molar-refractivity contribution is -0.132. The fourth-order valence-corrected chi connectivity index (χ4v) is 2.78. The largest absolute Gasteiger partial charge is 0.387 e. The normalized spacial score (nSPS) is 22.1. The highest BCUT2D eigenvalue weighted by molar-refractivity contribution is 6.07. The Morgan fingerprint density at radius 1 is 1.04 bits per heavy atom. The summed E-state index contributed by atoms with van der Waals surface area (Å²) in [7, 11) is 0. The number of aliphatic hydroxyl groups is 1. The molecule has 0 aromatic heterocycles. The molecule has 5 heteroatoms. The van der Waals surface area contributed by atoms with E-state index in [-0.39, 0.29) is 12.5 Å². The molecule has 2 atom stereocenters. The molecule has 1 fully saturated rings. The van der Waals surface area contributed by atoms with Crippen molar-refractivity contribution in [3.8, 4) is 0 Å². The van der Waals surface area contributed by atoms with E-state index in [1.54, 1.807) is 43.3 Å². The Labute approximate surface area is 134 Å². The number of nitrogens with one attached hydrogen (secondary N) is 1. The second-order valence-electron chi connectivity index (χ2n) is 5.76. The minimum absolute atomic E-state index is 0.0723. The van der Waals surface area contributed by atoms with Crippen LogP contribution in [0.3, 0.4) is 0 Å². The predicted molar refractivity (Wildman–Crippen MR) is 85.4 cm³/mol. The first-order valence-electron chi connectivity index (χ1n) is 7.45. The van der Waals surface area contributed by atoms with E-state index in [1.807, 2.05) is 24.3 Å². The Bertz CT molecular complexity index is 718. The molecule has 2 unspecified atom stereocenters. The van der Waals surface area contributed by atoms with Gasteiger partial charge in [-0.15, -0.1) is 0 Å². The zero-order valence-corrected chi connectivity index (χ0v) is 12.8. The minimum atomic E-state index is -1.10. The van der Waals surface area contributed by atoms with Gasteiger partial charge in [-0.05, 0) is 18.1 Å². The van der Waals surface area contributed by atoms with Crippen LogP contribution in [0.25, 0.3) is 0 Å². The molecular weight excluding hydrogens is 292 g/mol. The van der Waals surface area contributed by atoms with Gasteiger partial charge in [0.25, 0.3) is 5.91 Å². The molecule has 2 N–H and O–H groups in total. The number of benzene rings is 2. The van der Waals surface area contributed by atoms with Gasteiger partial charge in [-0.2, -0.15) is 0 Å². The van der Waals surface area contributed by atoms with Gasteiger partial charge in [0, 0.05) is 0 Å². The number of nitrogens with zero attached hydrogens (tertiary/aromatic N) is 1. The molecule has 1 aliphatic heterocycles. The molecule has 0 spiro atoms. The van der Waals surface area contributed by atoms with Gasteiger partial charge in [0.1, 0.15) is 5.54 Å². The number of carbonyl (C=O) groups excluding carboxylic acids is 2. The van der Waals surface area contributed by atoms with Crippen LogP contribution in [0.15, 0.2) is 60.7 Å². The molecule has 1 saturated heterocycles. The average Bonchev–Trinajstić information content (AvgIpc) is 2.81. The molecule has 0 bridgehead atoms. The van der Waals surface area contributed by atoms with Crippen molar-refractivity contribution < 1.29 is 14.7 Å². The van der Waals surface area contributed by atoms with Crippen LogP contribution < -0.4 is 5.32 Å². The van der Waals surface area contributed by atoms with E-state index in [1.165, 1.54) is 0 Å². The first-order valence-corrected chi connectivity index (χ1v) is 7.45. The summed E-state index contributed by atoms with van der Waals surface area (Å²) < 4.78 is 0.